The Labute approximate surface area is 87.6 Å². The van der Waals surface area contributed by atoms with Gasteiger partial charge < -0.3 is 16.3 Å². The number of benzene rings is 1. The van der Waals surface area contributed by atoms with Gasteiger partial charge in [-0.25, -0.2) is 4.39 Å². The Morgan fingerprint density at radius 3 is 2.67 bits per heavy atom. The molecule has 0 heterocycles. The molecule has 1 rings (SSSR count). The predicted molar refractivity (Wildman–Crippen MR) is 56.1 cm³/mol. The maximum Gasteiger partial charge on any atom is 0.156 e. The smallest absolute Gasteiger partial charge is 0.156 e. The van der Waals surface area contributed by atoms with Crippen LogP contribution in [-0.2, 0) is 6.54 Å². The van der Waals surface area contributed by atoms with E-state index in [2.05, 4.69) is 10.5 Å². The molecule has 0 fully saturated rings. The Hall–Kier alpha value is -1.62. The lowest BCUT2D eigenvalue weighted by Gasteiger charge is -2.11. The third-order valence-corrected chi connectivity index (χ3v) is 2.08. The Bertz CT molecular complexity index is 337. The lowest BCUT2D eigenvalue weighted by atomic mass is 10.2. The van der Waals surface area contributed by atoms with E-state index < -0.39 is 0 Å². The quantitative estimate of drug-likeness (QED) is 0.302. The molecule has 5 heteroatoms. The van der Waals surface area contributed by atoms with E-state index in [0.717, 1.165) is 5.56 Å². The molecule has 0 saturated carbocycles. The van der Waals surface area contributed by atoms with Crippen molar-refractivity contribution < 1.29 is 9.60 Å². The highest BCUT2D eigenvalue weighted by Crippen LogP contribution is 2.02. The van der Waals surface area contributed by atoms with Gasteiger partial charge in [0.1, 0.15) is 5.82 Å². The molecule has 4 N–H and O–H groups in total. The third-order valence-electron chi connectivity index (χ3n) is 2.08. The first kappa shape index (κ1) is 11.5. The minimum Gasteiger partial charge on any atom is -0.409 e. The van der Waals surface area contributed by atoms with E-state index in [1.807, 2.05) is 0 Å². The van der Waals surface area contributed by atoms with E-state index in [9.17, 15) is 4.39 Å². The summed E-state index contributed by atoms with van der Waals surface area (Å²) in [5.41, 5.74) is 6.32. The van der Waals surface area contributed by atoms with Crippen LogP contribution < -0.4 is 11.1 Å². The highest BCUT2D eigenvalue weighted by molar-refractivity contribution is 5.84. The molecule has 1 unspecified atom stereocenters. The number of nitrogens with one attached hydrogen (secondary N) is 1. The first-order valence-electron chi connectivity index (χ1n) is 4.58. The molecule has 0 aliphatic carbocycles. The van der Waals surface area contributed by atoms with Crippen molar-refractivity contribution in [2.24, 2.45) is 10.9 Å². The van der Waals surface area contributed by atoms with Gasteiger partial charge in [-0.05, 0) is 24.6 Å². The van der Waals surface area contributed by atoms with Crippen LogP contribution in [0.4, 0.5) is 4.39 Å². The van der Waals surface area contributed by atoms with E-state index >= 15 is 0 Å². The zero-order valence-corrected chi connectivity index (χ0v) is 8.44. The molecule has 0 aliphatic heterocycles. The van der Waals surface area contributed by atoms with Crippen LogP contribution in [0.25, 0.3) is 0 Å². The Balaban J connectivity index is 2.47. The van der Waals surface area contributed by atoms with E-state index in [1.165, 1.54) is 12.1 Å². The minimum absolute atomic E-state index is 0.122. The lowest BCUT2D eigenvalue weighted by Crippen LogP contribution is -2.38. The molecule has 15 heavy (non-hydrogen) atoms. The van der Waals surface area contributed by atoms with Gasteiger partial charge in [0.2, 0.25) is 0 Å². The normalized spacial score (nSPS) is 13.9. The lowest BCUT2D eigenvalue weighted by molar-refractivity contribution is 0.315. The van der Waals surface area contributed by atoms with Crippen molar-refractivity contribution in [2.75, 3.05) is 0 Å². The van der Waals surface area contributed by atoms with Gasteiger partial charge in [0, 0.05) is 6.54 Å². The fraction of sp³-hybridized carbons (Fsp3) is 0.300. The average molecular weight is 211 g/mol. The molecule has 1 atom stereocenters. The second-order valence-electron chi connectivity index (χ2n) is 3.25. The standard InChI is InChI=1S/C10H14FN3O/c1-7(10(12)14-15)13-6-8-2-4-9(11)5-3-8/h2-5,7,13,15H,6H2,1H3,(H2,12,14). The number of nitrogens with zero attached hydrogens (tertiary/aromatic N) is 1. The highest BCUT2D eigenvalue weighted by atomic mass is 19.1. The van der Waals surface area contributed by atoms with E-state index in [0.29, 0.717) is 6.54 Å². The summed E-state index contributed by atoms with van der Waals surface area (Å²) in [4.78, 5) is 0. The van der Waals surface area contributed by atoms with E-state index in [-0.39, 0.29) is 17.7 Å². The second-order valence-corrected chi connectivity index (χ2v) is 3.25. The van der Waals surface area contributed by atoms with E-state index in [4.69, 9.17) is 10.9 Å². The molecule has 4 nitrogen and oxygen atoms in total. The van der Waals surface area contributed by atoms with Gasteiger partial charge >= 0.3 is 0 Å². The summed E-state index contributed by atoms with van der Waals surface area (Å²) < 4.78 is 12.6. The van der Waals surface area contributed by atoms with Crippen molar-refractivity contribution in [3.8, 4) is 0 Å². The summed E-state index contributed by atoms with van der Waals surface area (Å²) in [5, 5.41) is 14.3. The van der Waals surface area contributed by atoms with Crippen molar-refractivity contribution in [2.45, 2.75) is 19.5 Å². The van der Waals surface area contributed by atoms with Crippen molar-refractivity contribution in [3.05, 3.63) is 35.6 Å². The Kier molecular flexibility index (Phi) is 4.05. The van der Waals surface area contributed by atoms with Gasteiger partial charge in [-0.1, -0.05) is 17.3 Å². The zero-order chi connectivity index (χ0) is 11.3. The number of nitrogens with two attached hydrogens (primary N) is 1. The molecule has 0 amide bonds. The molecule has 1 aromatic rings. The van der Waals surface area contributed by atoms with Gasteiger partial charge in [0.05, 0.1) is 6.04 Å². The van der Waals surface area contributed by atoms with E-state index in [1.54, 1.807) is 19.1 Å². The Morgan fingerprint density at radius 2 is 2.13 bits per heavy atom. The third kappa shape index (κ3) is 3.55. The molecule has 0 aromatic heterocycles. The van der Waals surface area contributed by atoms with Crippen molar-refractivity contribution in [1.82, 2.24) is 5.32 Å². The van der Waals surface area contributed by atoms with Gasteiger partial charge in [0.25, 0.3) is 0 Å². The van der Waals surface area contributed by atoms with Crippen molar-refractivity contribution in [1.29, 1.82) is 0 Å². The van der Waals surface area contributed by atoms with Crippen molar-refractivity contribution in [3.63, 3.8) is 0 Å². The van der Waals surface area contributed by atoms with Gasteiger partial charge in [-0.2, -0.15) is 0 Å². The van der Waals surface area contributed by atoms with Crippen molar-refractivity contribution >= 4 is 5.84 Å². The molecule has 0 saturated heterocycles. The summed E-state index contributed by atoms with van der Waals surface area (Å²) in [6.07, 6.45) is 0. The van der Waals surface area contributed by atoms with Crippen LogP contribution in [0.5, 0.6) is 0 Å². The molecule has 1 aromatic carbocycles. The molecule has 0 bridgehead atoms. The number of oxime groups is 1. The highest BCUT2D eigenvalue weighted by Gasteiger charge is 2.05. The summed E-state index contributed by atoms with van der Waals surface area (Å²) in [7, 11) is 0. The number of halogens is 1. The Morgan fingerprint density at radius 1 is 1.53 bits per heavy atom. The molecule has 82 valence electrons. The average Bonchev–Trinajstić information content (AvgIpc) is 2.26. The number of hydrogen-bond donors (Lipinski definition) is 3. The number of hydrogen-bond acceptors (Lipinski definition) is 3. The van der Waals surface area contributed by atoms with Crippen LogP contribution in [0.3, 0.4) is 0 Å². The zero-order valence-electron chi connectivity index (χ0n) is 8.44. The molecular weight excluding hydrogens is 197 g/mol. The monoisotopic (exact) mass is 211 g/mol. The second kappa shape index (κ2) is 5.31. The van der Waals surface area contributed by atoms with Crippen LogP contribution in [0.1, 0.15) is 12.5 Å². The topological polar surface area (TPSA) is 70.6 Å². The van der Waals surface area contributed by atoms with Crippen LogP contribution in [0.2, 0.25) is 0 Å². The van der Waals surface area contributed by atoms with Crippen LogP contribution in [0.15, 0.2) is 29.4 Å². The van der Waals surface area contributed by atoms with Crippen LogP contribution in [0, 0.1) is 5.82 Å². The van der Waals surface area contributed by atoms with Gasteiger partial charge in [-0.3, -0.25) is 0 Å². The summed E-state index contributed by atoms with van der Waals surface area (Å²) in [6.45, 7) is 2.32. The molecule has 0 radical (unpaired) electrons. The predicted octanol–water partition coefficient (Wildman–Crippen LogP) is 1.05. The van der Waals surface area contributed by atoms with Crippen LogP contribution >= 0.6 is 0 Å². The fourth-order valence-corrected chi connectivity index (χ4v) is 1.06. The minimum atomic E-state index is -0.261. The summed E-state index contributed by atoms with van der Waals surface area (Å²) >= 11 is 0. The first-order chi connectivity index (χ1) is 7.13. The molecular formula is C10H14FN3O. The first-order valence-corrected chi connectivity index (χ1v) is 4.58. The maximum atomic E-state index is 12.6. The SMILES string of the molecule is CC(NCc1ccc(F)cc1)C(N)=NO. The maximum absolute atomic E-state index is 12.6. The summed E-state index contributed by atoms with van der Waals surface area (Å²) in [5.74, 6) is -0.139. The number of amidine groups is 1. The molecule has 0 spiro atoms. The molecule has 0 aliphatic rings. The van der Waals surface area contributed by atoms with Gasteiger partial charge in [0.15, 0.2) is 5.84 Å². The van der Waals surface area contributed by atoms with Gasteiger partial charge in [-0.15, -0.1) is 0 Å². The summed E-state index contributed by atoms with van der Waals surface area (Å²) in [6, 6.07) is 5.93. The largest absolute Gasteiger partial charge is 0.409 e. The van der Waals surface area contributed by atoms with Crippen LogP contribution in [-0.4, -0.2) is 17.1 Å². The fourth-order valence-electron chi connectivity index (χ4n) is 1.06. The number of rotatable bonds is 4.